The number of phenolic OH excluding ortho intramolecular Hbond substituents is 1. The Morgan fingerprint density at radius 3 is 2.40 bits per heavy atom. The number of aliphatic carboxylic acids is 1. The van der Waals surface area contributed by atoms with Gasteiger partial charge in [0, 0.05) is 25.6 Å². The Hall–Kier alpha value is -2.69. The number of carboxylic acids is 1. The second-order valence-electron chi connectivity index (χ2n) is 8.03. The number of aliphatic hydroxyl groups excluding tert-OH is 2. The molecule has 0 aliphatic heterocycles. The molecule has 0 bridgehead atoms. The van der Waals surface area contributed by atoms with Crippen LogP contribution in [-0.4, -0.2) is 64.4 Å². The van der Waals surface area contributed by atoms with Crippen LogP contribution in [0.3, 0.4) is 0 Å². The lowest BCUT2D eigenvalue weighted by atomic mass is 10.1. The standard InChI is InChI=1S/C24H35NO6.C2H4O2/c26-17-21-15-20(8-9-23(21)28)24(29)16-25-10-3-1-2-4-11-30-12-13-31-18-19-6-5-7-22(27)14-19;1-2(3)4/h5-9,14-15,24-29H,1-4,10-13,16-18H2;1H3,(H,3,4)/t24-;/m0./s1. The molecule has 0 saturated heterocycles. The third-order valence-corrected chi connectivity index (χ3v) is 4.94. The number of hydrogen-bond donors (Lipinski definition) is 6. The summed E-state index contributed by atoms with van der Waals surface area (Å²) in [6, 6.07) is 11.8. The summed E-state index contributed by atoms with van der Waals surface area (Å²) in [5.74, 6) is -0.547. The number of aromatic hydroxyl groups is 2. The Balaban J connectivity index is 0.00000142. The maximum atomic E-state index is 10.2. The normalized spacial score (nSPS) is 11.5. The van der Waals surface area contributed by atoms with E-state index in [4.69, 9.17) is 19.4 Å². The zero-order valence-electron chi connectivity index (χ0n) is 20.4. The van der Waals surface area contributed by atoms with Gasteiger partial charge in [0.15, 0.2) is 0 Å². The van der Waals surface area contributed by atoms with Gasteiger partial charge in [-0.05, 0) is 54.8 Å². The number of phenols is 2. The molecule has 0 radical (unpaired) electrons. The lowest BCUT2D eigenvalue weighted by Gasteiger charge is -2.14. The summed E-state index contributed by atoms with van der Waals surface area (Å²) in [6.45, 7) is 4.36. The number of carbonyl (C=O) groups is 1. The van der Waals surface area contributed by atoms with Gasteiger partial charge in [-0.25, -0.2) is 0 Å². The highest BCUT2D eigenvalue weighted by Gasteiger charge is 2.09. The first-order valence-corrected chi connectivity index (χ1v) is 11.8. The van der Waals surface area contributed by atoms with E-state index < -0.39 is 12.1 Å². The molecule has 9 heteroatoms. The average Bonchev–Trinajstić information content (AvgIpc) is 2.82. The second-order valence-corrected chi connectivity index (χ2v) is 8.03. The first-order chi connectivity index (χ1) is 16.8. The van der Waals surface area contributed by atoms with E-state index in [0.717, 1.165) is 51.3 Å². The molecule has 0 amide bonds. The fourth-order valence-corrected chi connectivity index (χ4v) is 3.16. The zero-order chi connectivity index (χ0) is 25.9. The highest BCUT2D eigenvalue weighted by molar-refractivity contribution is 5.62. The van der Waals surface area contributed by atoms with Crippen molar-refractivity contribution in [2.75, 3.05) is 32.9 Å². The molecule has 196 valence electrons. The van der Waals surface area contributed by atoms with Gasteiger partial charge in [-0.1, -0.05) is 31.0 Å². The molecule has 0 spiro atoms. The van der Waals surface area contributed by atoms with Crippen molar-refractivity contribution >= 4 is 5.97 Å². The van der Waals surface area contributed by atoms with Crippen LogP contribution in [0.1, 0.15) is 55.4 Å². The van der Waals surface area contributed by atoms with E-state index in [0.29, 0.717) is 37.5 Å². The fraction of sp³-hybridized carbons (Fsp3) is 0.500. The molecule has 35 heavy (non-hydrogen) atoms. The Kier molecular flexibility index (Phi) is 16.1. The van der Waals surface area contributed by atoms with Crippen molar-refractivity contribution in [3.05, 3.63) is 59.2 Å². The molecule has 0 aromatic heterocycles. The molecule has 6 N–H and O–H groups in total. The predicted octanol–water partition coefficient (Wildman–Crippen LogP) is 3.10. The van der Waals surface area contributed by atoms with Crippen molar-refractivity contribution in [1.82, 2.24) is 5.32 Å². The van der Waals surface area contributed by atoms with Gasteiger partial charge in [0.25, 0.3) is 5.97 Å². The molecular formula is C26H39NO8. The van der Waals surface area contributed by atoms with Crippen molar-refractivity contribution < 1.29 is 39.8 Å². The van der Waals surface area contributed by atoms with Crippen LogP contribution in [0, 0.1) is 0 Å². The van der Waals surface area contributed by atoms with Crippen LogP contribution in [0.4, 0.5) is 0 Å². The summed E-state index contributed by atoms with van der Waals surface area (Å²) < 4.78 is 11.1. The zero-order valence-corrected chi connectivity index (χ0v) is 20.4. The Morgan fingerprint density at radius 2 is 1.69 bits per heavy atom. The van der Waals surface area contributed by atoms with Gasteiger partial charge in [0.2, 0.25) is 0 Å². The number of hydrogen-bond acceptors (Lipinski definition) is 8. The van der Waals surface area contributed by atoms with E-state index in [9.17, 15) is 20.4 Å². The molecule has 1 atom stereocenters. The summed E-state index contributed by atoms with van der Waals surface area (Å²) in [7, 11) is 0. The highest BCUT2D eigenvalue weighted by atomic mass is 16.5. The molecule has 2 aromatic rings. The number of unbranched alkanes of at least 4 members (excludes halogenated alkanes) is 3. The van der Waals surface area contributed by atoms with E-state index in [1.807, 2.05) is 6.07 Å². The van der Waals surface area contributed by atoms with Crippen molar-refractivity contribution in [1.29, 1.82) is 0 Å². The average molecular weight is 494 g/mol. The van der Waals surface area contributed by atoms with Crippen LogP contribution in [0.15, 0.2) is 42.5 Å². The van der Waals surface area contributed by atoms with E-state index in [1.54, 1.807) is 30.3 Å². The number of ether oxygens (including phenoxy) is 2. The van der Waals surface area contributed by atoms with Crippen molar-refractivity contribution in [2.45, 2.75) is 51.9 Å². The van der Waals surface area contributed by atoms with Gasteiger partial charge >= 0.3 is 0 Å². The Morgan fingerprint density at radius 1 is 0.971 bits per heavy atom. The number of aliphatic hydroxyl groups is 2. The molecule has 0 fully saturated rings. The molecular weight excluding hydrogens is 454 g/mol. The Labute approximate surface area is 207 Å². The topological polar surface area (TPSA) is 149 Å². The maximum absolute atomic E-state index is 10.2. The van der Waals surface area contributed by atoms with Crippen LogP contribution >= 0.6 is 0 Å². The third-order valence-electron chi connectivity index (χ3n) is 4.94. The highest BCUT2D eigenvalue weighted by Crippen LogP contribution is 2.22. The minimum Gasteiger partial charge on any atom is -0.508 e. The molecule has 2 rings (SSSR count). The SMILES string of the molecule is CC(=O)O.OCc1cc([C@@H](O)CNCCCCCCOCCOCc2cccc(O)c2)ccc1O. The lowest BCUT2D eigenvalue weighted by molar-refractivity contribution is -0.134. The largest absolute Gasteiger partial charge is 0.508 e. The monoisotopic (exact) mass is 493 g/mol. The molecule has 0 aliphatic carbocycles. The van der Waals surface area contributed by atoms with Crippen LogP contribution in [-0.2, 0) is 27.5 Å². The van der Waals surface area contributed by atoms with Crippen LogP contribution in [0.25, 0.3) is 0 Å². The van der Waals surface area contributed by atoms with Gasteiger partial charge < -0.3 is 40.3 Å². The van der Waals surface area contributed by atoms with Crippen LogP contribution in [0.5, 0.6) is 11.5 Å². The number of carboxylic acid groups (broad SMARTS) is 1. The Bertz CT molecular complexity index is 842. The van der Waals surface area contributed by atoms with E-state index in [2.05, 4.69) is 5.32 Å². The lowest BCUT2D eigenvalue weighted by Crippen LogP contribution is -2.22. The molecule has 2 aromatic carbocycles. The minimum absolute atomic E-state index is 0.0382. The summed E-state index contributed by atoms with van der Waals surface area (Å²) in [5.41, 5.74) is 2.04. The molecule has 0 heterocycles. The molecule has 0 saturated carbocycles. The fourth-order valence-electron chi connectivity index (χ4n) is 3.16. The number of nitrogens with one attached hydrogen (secondary N) is 1. The van der Waals surface area contributed by atoms with Crippen molar-refractivity contribution in [2.24, 2.45) is 0 Å². The summed E-state index contributed by atoms with van der Waals surface area (Å²) in [4.78, 5) is 9.00. The molecule has 9 nitrogen and oxygen atoms in total. The van der Waals surface area contributed by atoms with Gasteiger partial charge in [0.1, 0.15) is 11.5 Å². The first-order valence-electron chi connectivity index (χ1n) is 11.8. The maximum Gasteiger partial charge on any atom is 0.300 e. The van der Waals surface area contributed by atoms with Crippen LogP contribution in [0.2, 0.25) is 0 Å². The van der Waals surface area contributed by atoms with Gasteiger partial charge in [-0.3, -0.25) is 4.79 Å². The molecule has 0 unspecified atom stereocenters. The molecule has 0 aliphatic rings. The van der Waals surface area contributed by atoms with Crippen molar-refractivity contribution in [3.8, 4) is 11.5 Å². The minimum atomic E-state index is -0.833. The van der Waals surface area contributed by atoms with E-state index in [1.165, 1.54) is 6.07 Å². The number of benzene rings is 2. The predicted molar refractivity (Wildman–Crippen MR) is 132 cm³/mol. The van der Waals surface area contributed by atoms with Gasteiger partial charge in [-0.15, -0.1) is 0 Å². The van der Waals surface area contributed by atoms with E-state index in [-0.39, 0.29) is 18.1 Å². The van der Waals surface area contributed by atoms with Gasteiger partial charge in [-0.2, -0.15) is 0 Å². The van der Waals surface area contributed by atoms with Crippen molar-refractivity contribution in [3.63, 3.8) is 0 Å². The summed E-state index contributed by atoms with van der Waals surface area (Å²) in [6.07, 6.45) is 3.54. The van der Waals surface area contributed by atoms with Gasteiger partial charge in [0.05, 0.1) is 32.5 Å². The number of rotatable bonds is 16. The van der Waals surface area contributed by atoms with E-state index >= 15 is 0 Å². The van der Waals surface area contributed by atoms with Crippen LogP contribution < -0.4 is 5.32 Å². The first kappa shape index (κ1) is 30.3. The smallest absolute Gasteiger partial charge is 0.300 e. The third kappa shape index (κ3) is 15.0. The second kappa shape index (κ2) is 18.6. The summed E-state index contributed by atoms with van der Waals surface area (Å²) >= 11 is 0. The summed E-state index contributed by atoms with van der Waals surface area (Å²) in [5, 5.41) is 49.0. The quantitative estimate of drug-likeness (QED) is 0.194.